The van der Waals surface area contributed by atoms with Crippen LogP contribution in [0.2, 0.25) is 0 Å². The van der Waals surface area contributed by atoms with Gasteiger partial charge in [-0.1, -0.05) is 6.07 Å². The van der Waals surface area contributed by atoms with Crippen molar-refractivity contribution in [3.8, 4) is 0 Å². The van der Waals surface area contributed by atoms with Crippen molar-refractivity contribution in [3.05, 3.63) is 80.4 Å². The van der Waals surface area contributed by atoms with Crippen LogP contribution in [-0.4, -0.2) is 52.4 Å². The predicted octanol–water partition coefficient (Wildman–Crippen LogP) is 4.61. The van der Waals surface area contributed by atoms with Crippen molar-refractivity contribution >= 4 is 34.9 Å². The Kier molecular flexibility index (Phi) is 6.59. The Bertz CT molecular complexity index is 1620. The van der Waals surface area contributed by atoms with E-state index in [-0.39, 0.29) is 10.8 Å². The lowest BCUT2D eigenvalue weighted by molar-refractivity contribution is -0.170. The van der Waals surface area contributed by atoms with Crippen molar-refractivity contribution in [1.29, 1.82) is 0 Å². The smallest absolute Gasteiger partial charge is 0.340 e. The van der Waals surface area contributed by atoms with Crippen LogP contribution in [0.1, 0.15) is 50.5 Å². The number of hydrogen-bond acceptors (Lipinski definition) is 5. The summed E-state index contributed by atoms with van der Waals surface area (Å²) in [6.07, 6.45) is -3.11. The number of likely N-dealkylation sites (tertiary alicyclic amines) is 1. The summed E-state index contributed by atoms with van der Waals surface area (Å²) >= 11 is 1.09. The number of carbonyl (C=O) groups excluding carboxylic acids is 3. The van der Waals surface area contributed by atoms with Crippen molar-refractivity contribution in [2.75, 3.05) is 11.9 Å². The highest BCUT2D eigenvalue weighted by Crippen LogP contribution is 2.49. The van der Waals surface area contributed by atoms with Gasteiger partial charge >= 0.3 is 6.18 Å². The number of alkyl halides is 3. The number of carbonyl (C=O) groups is 3. The van der Waals surface area contributed by atoms with E-state index in [2.05, 4.69) is 15.6 Å². The molecule has 0 unspecified atom stereocenters. The number of aromatic nitrogens is 1. The molecule has 14 heteroatoms. The molecule has 3 amide bonds. The Balaban J connectivity index is 1.26. The Labute approximate surface area is 238 Å². The van der Waals surface area contributed by atoms with Gasteiger partial charge in [0.25, 0.3) is 5.91 Å². The maximum atomic E-state index is 14.7. The molecule has 0 radical (unpaired) electrons. The molecule has 0 bridgehead atoms. The standard InChI is InChI=1S/C28H22F6N4O3S/c1-12-14(21-16(29)4-5-17(30)22(21)31)8-18(25(40)38(12)11-28(32,33)34)36-24(39)19-7-13-9-27(10-20(13)42-19)15-3-2-6-35-23(15)37-26(27)41/h2-7,12,14,18H,8-11H2,1H3,(H,36,39)(H,35,37,41)/t12-,14-,18+,27+/m1/s1. The van der Waals surface area contributed by atoms with Crippen LogP contribution >= 0.6 is 11.3 Å². The number of halogens is 6. The van der Waals surface area contributed by atoms with Gasteiger partial charge in [-0.05, 0) is 49.6 Å². The number of amides is 3. The lowest BCUT2D eigenvalue weighted by Crippen LogP contribution is -2.59. The van der Waals surface area contributed by atoms with Crippen LogP contribution in [0.4, 0.5) is 32.2 Å². The number of nitrogens with zero attached hydrogens (tertiary/aromatic N) is 2. The van der Waals surface area contributed by atoms with Gasteiger partial charge in [-0.3, -0.25) is 14.4 Å². The average Bonchev–Trinajstić information content (AvgIpc) is 3.57. The van der Waals surface area contributed by atoms with Crippen molar-refractivity contribution < 1.29 is 40.7 Å². The normalized spacial score (nSPS) is 25.0. The van der Waals surface area contributed by atoms with Crippen molar-refractivity contribution in [2.24, 2.45) is 0 Å². The fraction of sp³-hybridized carbons (Fsp3) is 0.357. The number of rotatable bonds is 4. The molecule has 1 aromatic carbocycles. The molecule has 1 fully saturated rings. The first-order chi connectivity index (χ1) is 19.8. The van der Waals surface area contributed by atoms with Crippen LogP contribution in [0.3, 0.4) is 0 Å². The molecular weight excluding hydrogens is 586 g/mol. The number of pyridine rings is 1. The van der Waals surface area contributed by atoms with Crippen molar-refractivity contribution in [2.45, 2.75) is 55.8 Å². The van der Waals surface area contributed by atoms with Gasteiger partial charge in [-0.15, -0.1) is 11.3 Å². The highest BCUT2D eigenvalue weighted by atomic mass is 32.1. The second-order valence-corrected chi connectivity index (χ2v) is 11.9. The van der Waals surface area contributed by atoms with Crippen LogP contribution < -0.4 is 10.6 Å². The summed E-state index contributed by atoms with van der Waals surface area (Å²) < 4.78 is 83.7. The van der Waals surface area contributed by atoms with Crippen LogP contribution in [0, 0.1) is 17.5 Å². The van der Waals surface area contributed by atoms with E-state index in [1.807, 2.05) is 6.07 Å². The maximum Gasteiger partial charge on any atom is 0.406 e. The summed E-state index contributed by atoms with van der Waals surface area (Å²) in [5.41, 5.74) is -0.161. The van der Waals surface area contributed by atoms with E-state index in [0.29, 0.717) is 35.7 Å². The molecule has 0 saturated carbocycles. The molecule has 3 aliphatic rings. The summed E-state index contributed by atoms with van der Waals surface area (Å²) in [6.45, 7) is -0.523. The van der Waals surface area contributed by atoms with E-state index in [1.54, 1.807) is 18.3 Å². The predicted molar refractivity (Wildman–Crippen MR) is 138 cm³/mol. The molecule has 4 atom stereocenters. The first kappa shape index (κ1) is 28.2. The number of hydrogen-bond donors (Lipinski definition) is 2. The van der Waals surface area contributed by atoms with Crippen LogP contribution in [0.5, 0.6) is 0 Å². The van der Waals surface area contributed by atoms with Gasteiger partial charge in [0.15, 0.2) is 11.6 Å². The fourth-order valence-electron chi connectivity index (χ4n) is 6.31. The largest absolute Gasteiger partial charge is 0.406 e. The minimum atomic E-state index is -4.84. The van der Waals surface area contributed by atoms with Gasteiger partial charge in [0, 0.05) is 40.6 Å². The molecule has 42 heavy (non-hydrogen) atoms. The third-order valence-corrected chi connectivity index (χ3v) is 9.49. The quantitative estimate of drug-likeness (QED) is 0.334. The maximum absolute atomic E-state index is 14.7. The summed E-state index contributed by atoms with van der Waals surface area (Å²) in [4.78, 5) is 44.8. The lowest BCUT2D eigenvalue weighted by Gasteiger charge is -2.43. The first-order valence-corrected chi connectivity index (χ1v) is 13.8. The Morgan fingerprint density at radius 1 is 1.17 bits per heavy atom. The SMILES string of the molecule is C[C@@H]1[C@H](c2c(F)ccc(F)c2F)C[C@H](NC(=O)c2cc3c(s2)C[C@]2(C3)C(=O)Nc3ncccc32)C(=O)N1CC(F)(F)F. The number of piperidine rings is 1. The van der Waals surface area contributed by atoms with E-state index in [9.17, 15) is 40.7 Å². The molecular formula is C28H22F6N4O3S. The van der Waals surface area contributed by atoms with Crippen LogP contribution in [0.25, 0.3) is 0 Å². The number of thiophene rings is 1. The van der Waals surface area contributed by atoms with E-state index in [1.165, 1.54) is 6.92 Å². The van der Waals surface area contributed by atoms with E-state index in [4.69, 9.17) is 0 Å². The van der Waals surface area contributed by atoms with Crippen LogP contribution in [0.15, 0.2) is 36.5 Å². The zero-order chi connectivity index (χ0) is 30.1. The molecule has 2 N–H and O–H groups in total. The third-order valence-electron chi connectivity index (χ3n) is 8.31. The highest BCUT2D eigenvalue weighted by molar-refractivity contribution is 7.14. The summed E-state index contributed by atoms with van der Waals surface area (Å²) in [5, 5.41) is 5.21. The third kappa shape index (κ3) is 4.52. The van der Waals surface area contributed by atoms with Gasteiger partial charge in [0.05, 0.1) is 10.3 Å². The first-order valence-electron chi connectivity index (χ1n) is 13.0. The second-order valence-electron chi connectivity index (χ2n) is 10.8. The summed E-state index contributed by atoms with van der Waals surface area (Å²) in [6, 6.07) is 3.42. The molecule has 1 spiro atoms. The Morgan fingerprint density at radius 2 is 1.90 bits per heavy atom. The topological polar surface area (TPSA) is 91.4 Å². The van der Waals surface area contributed by atoms with E-state index >= 15 is 0 Å². The van der Waals surface area contributed by atoms with Crippen molar-refractivity contribution in [3.63, 3.8) is 0 Å². The van der Waals surface area contributed by atoms with Crippen LogP contribution in [-0.2, 0) is 27.8 Å². The van der Waals surface area contributed by atoms with Gasteiger partial charge in [-0.2, -0.15) is 13.2 Å². The zero-order valence-electron chi connectivity index (χ0n) is 21.8. The van der Waals surface area contributed by atoms with Gasteiger partial charge < -0.3 is 15.5 Å². The van der Waals surface area contributed by atoms with Gasteiger partial charge in [0.1, 0.15) is 24.2 Å². The Hall–Kier alpha value is -3.94. The second kappa shape index (κ2) is 9.82. The summed E-state index contributed by atoms with van der Waals surface area (Å²) in [7, 11) is 0. The minimum absolute atomic E-state index is 0.160. The molecule has 4 heterocycles. The van der Waals surface area contributed by atoms with E-state index < -0.39 is 77.4 Å². The lowest BCUT2D eigenvalue weighted by atomic mass is 9.80. The van der Waals surface area contributed by atoms with Gasteiger partial charge in [0.2, 0.25) is 11.8 Å². The highest BCUT2D eigenvalue weighted by Gasteiger charge is 2.52. The van der Waals surface area contributed by atoms with Crippen molar-refractivity contribution in [1.82, 2.24) is 15.2 Å². The molecule has 6 rings (SSSR count). The average molecular weight is 609 g/mol. The monoisotopic (exact) mass is 608 g/mol. The molecule has 3 aromatic rings. The number of fused-ring (bicyclic) bond motifs is 3. The Morgan fingerprint density at radius 3 is 2.62 bits per heavy atom. The molecule has 2 aromatic heterocycles. The summed E-state index contributed by atoms with van der Waals surface area (Å²) in [5.74, 6) is -7.07. The van der Waals surface area contributed by atoms with Gasteiger partial charge in [-0.25, -0.2) is 18.2 Å². The molecule has 1 aliphatic carbocycles. The number of anilines is 1. The zero-order valence-corrected chi connectivity index (χ0v) is 22.6. The molecule has 1 saturated heterocycles. The van der Waals surface area contributed by atoms with E-state index in [0.717, 1.165) is 27.3 Å². The number of nitrogens with one attached hydrogen (secondary N) is 2. The molecule has 7 nitrogen and oxygen atoms in total. The fourth-order valence-corrected chi connectivity index (χ4v) is 7.51. The number of benzene rings is 1. The minimum Gasteiger partial charge on any atom is -0.340 e. The molecule has 2 aliphatic heterocycles. The molecule has 220 valence electrons.